The van der Waals surface area contributed by atoms with E-state index in [0.717, 1.165) is 19.3 Å². The first-order valence-corrected chi connectivity index (χ1v) is 7.22. The lowest BCUT2D eigenvalue weighted by atomic mass is 10.0. The molecule has 0 radical (unpaired) electrons. The van der Waals surface area contributed by atoms with Gasteiger partial charge in [0.05, 0.1) is 0 Å². The van der Waals surface area contributed by atoms with Gasteiger partial charge in [-0.05, 0) is 55.2 Å². The third kappa shape index (κ3) is 4.35. The van der Waals surface area contributed by atoms with Crippen LogP contribution in [-0.2, 0) is 24.1 Å². The normalized spacial score (nSPS) is 13.6. The standard InChI is InChI=1S/C16H24N2O/c1-18(2)17-16(19)9-4-3-6-13-10-11-14-7-5-8-15(14)12-13/h10-12H,3-9H2,1-2H3,(H,17,19). The van der Waals surface area contributed by atoms with Gasteiger partial charge in [-0.1, -0.05) is 18.2 Å². The molecule has 0 saturated carbocycles. The molecule has 0 aliphatic heterocycles. The summed E-state index contributed by atoms with van der Waals surface area (Å²) < 4.78 is 0. The van der Waals surface area contributed by atoms with Crippen molar-refractivity contribution in [3.63, 3.8) is 0 Å². The van der Waals surface area contributed by atoms with E-state index >= 15 is 0 Å². The third-order valence-corrected chi connectivity index (χ3v) is 3.63. The highest BCUT2D eigenvalue weighted by Gasteiger charge is 2.10. The van der Waals surface area contributed by atoms with Crippen molar-refractivity contribution in [1.82, 2.24) is 10.4 Å². The van der Waals surface area contributed by atoms with Crippen LogP contribution < -0.4 is 5.43 Å². The Kier molecular flexibility index (Phi) is 4.97. The number of nitrogens with zero attached hydrogens (tertiary/aromatic N) is 1. The molecule has 0 aromatic heterocycles. The summed E-state index contributed by atoms with van der Waals surface area (Å²) in [7, 11) is 3.67. The number of rotatable bonds is 6. The topological polar surface area (TPSA) is 32.3 Å². The molecule has 104 valence electrons. The molecular weight excluding hydrogens is 236 g/mol. The van der Waals surface area contributed by atoms with E-state index in [4.69, 9.17) is 0 Å². The molecular formula is C16H24N2O. The fourth-order valence-electron chi connectivity index (χ4n) is 2.70. The first-order chi connectivity index (χ1) is 9.15. The summed E-state index contributed by atoms with van der Waals surface area (Å²) >= 11 is 0. The molecule has 0 bridgehead atoms. The van der Waals surface area contributed by atoms with Gasteiger partial charge >= 0.3 is 0 Å². The van der Waals surface area contributed by atoms with Crippen LogP contribution in [0.3, 0.4) is 0 Å². The minimum Gasteiger partial charge on any atom is -0.289 e. The summed E-state index contributed by atoms with van der Waals surface area (Å²) in [5.74, 6) is 0.110. The molecule has 1 aromatic rings. The molecule has 1 amide bonds. The van der Waals surface area contributed by atoms with Gasteiger partial charge in [0.2, 0.25) is 5.91 Å². The molecule has 1 aliphatic rings. The Bertz CT molecular complexity index is 440. The Hall–Kier alpha value is -1.35. The Labute approximate surface area is 116 Å². The number of carbonyl (C=O) groups excluding carboxylic acids is 1. The molecule has 1 aliphatic carbocycles. The zero-order valence-electron chi connectivity index (χ0n) is 12.0. The van der Waals surface area contributed by atoms with E-state index in [0.29, 0.717) is 6.42 Å². The number of hydrogen-bond donors (Lipinski definition) is 1. The second-order valence-corrected chi connectivity index (χ2v) is 5.59. The number of nitrogens with one attached hydrogen (secondary N) is 1. The zero-order valence-corrected chi connectivity index (χ0v) is 12.0. The summed E-state index contributed by atoms with van der Waals surface area (Å²) in [4.78, 5) is 11.5. The molecule has 0 spiro atoms. The lowest BCUT2D eigenvalue weighted by molar-refractivity contribution is -0.124. The van der Waals surface area contributed by atoms with Crippen LogP contribution in [0.4, 0.5) is 0 Å². The monoisotopic (exact) mass is 260 g/mol. The van der Waals surface area contributed by atoms with Crippen molar-refractivity contribution < 1.29 is 4.79 Å². The van der Waals surface area contributed by atoms with Gasteiger partial charge < -0.3 is 0 Å². The maximum absolute atomic E-state index is 11.5. The summed E-state index contributed by atoms with van der Waals surface area (Å²) in [5.41, 5.74) is 7.28. The molecule has 1 N–H and O–H groups in total. The SMILES string of the molecule is CN(C)NC(=O)CCCCc1ccc2c(c1)CCC2. The minimum atomic E-state index is 0.110. The van der Waals surface area contributed by atoms with E-state index in [2.05, 4.69) is 23.6 Å². The van der Waals surface area contributed by atoms with Crippen molar-refractivity contribution in [2.75, 3.05) is 14.1 Å². The highest BCUT2D eigenvalue weighted by atomic mass is 16.2. The first-order valence-electron chi connectivity index (χ1n) is 7.22. The molecule has 3 heteroatoms. The average Bonchev–Trinajstić information content (AvgIpc) is 2.81. The highest BCUT2D eigenvalue weighted by Crippen LogP contribution is 2.23. The summed E-state index contributed by atoms with van der Waals surface area (Å²) in [6, 6.07) is 6.91. The van der Waals surface area contributed by atoms with Gasteiger partial charge in [-0.2, -0.15) is 0 Å². The van der Waals surface area contributed by atoms with Gasteiger partial charge in [0.25, 0.3) is 0 Å². The van der Waals surface area contributed by atoms with Gasteiger partial charge in [-0.15, -0.1) is 0 Å². The van der Waals surface area contributed by atoms with E-state index in [-0.39, 0.29) is 5.91 Å². The number of aryl methyl sites for hydroxylation is 3. The molecule has 0 fully saturated rings. The Morgan fingerprint density at radius 3 is 2.79 bits per heavy atom. The molecule has 0 atom stereocenters. The molecule has 0 heterocycles. The summed E-state index contributed by atoms with van der Waals surface area (Å²) in [6.45, 7) is 0. The molecule has 3 nitrogen and oxygen atoms in total. The number of unbranched alkanes of at least 4 members (excludes halogenated alkanes) is 1. The predicted octanol–water partition coefficient (Wildman–Crippen LogP) is 2.48. The largest absolute Gasteiger partial charge is 0.289 e. The van der Waals surface area contributed by atoms with Gasteiger partial charge in [0.1, 0.15) is 0 Å². The fraction of sp³-hybridized carbons (Fsp3) is 0.562. The molecule has 0 saturated heterocycles. The lowest BCUT2D eigenvalue weighted by Crippen LogP contribution is -2.35. The van der Waals surface area contributed by atoms with Crippen LogP contribution in [0.5, 0.6) is 0 Å². The van der Waals surface area contributed by atoms with Crippen molar-refractivity contribution in [1.29, 1.82) is 0 Å². The van der Waals surface area contributed by atoms with Crippen LogP contribution in [0.25, 0.3) is 0 Å². The maximum atomic E-state index is 11.5. The van der Waals surface area contributed by atoms with Crippen LogP contribution in [0.2, 0.25) is 0 Å². The van der Waals surface area contributed by atoms with Crippen molar-refractivity contribution in [3.8, 4) is 0 Å². The fourth-order valence-corrected chi connectivity index (χ4v) is 2.70. The molecule has 1 aromatic carbocycles. The lowest BCUT2D eigenvalue weighted by Gasteiger charge is -2.11. The Balaban J connectivity index is 1.70. The van der Waals surface area contributed by atoms with Gasteiger partial charge in [0.15, 0.2) is 0 Å². The molecule has 2 rings (SSSR count). The van der Waals surface area contributed by atoms with Crippen LogP contribution in [0, 0.1) is 0 Å². The van der Waals surface area contributed by atoms with E-state index in [1.165, 1.54) is 30.4 Å². The average molecular weight is 260 g/mol. The molecule has 0 unspecified atom stereocenters. The quantitative estimate of drug-likeness (QED) is 0.629. The van der Waals surface area contributed by atoms with E-state index in [9.17, 15) is 4.79 Å². The number of amides is 1. The second kappa shape index (κ2) is 6.71. The van der Waals surface area contributed by atoms with Crippen molar-refractivity contribution in [2.24, 2.45) is 0 Å². The van der Waals surface area contributed by atoms with Crippen molar-refractivity contribution in [2.45, 2.75) is 44.9 Å². The number of hydrogen-bond acceptors (Lipinski definition) is 2. The molecule has 19 heavy (non-hydrogen) atoms. The van der Waals surface area contributed by atoms with Gasteiger partial charge in [0, 0.05) is 20.5 Å². The number of carbonyl (C=O) groups is 1. The van der Waals surface area contributed by atoms with E-state index in [1.54, 1.807) is 10.6 Å². The predicted molar refractivity (Wildman–Crippen MR) is 77.9 cm³/mol. The van der Waals surface area contributed by atoms with E-state index in [1.807, 2.05) is 14.1 Å². The van der Waals surface area contributed by atoms with Gasteiger partial charge in [-0.25, -0.2) is 5.01 Å². The summed E-state index contributed by atoms with van der Waals surface area (Å²) in [5, 5.41) is 1.70. The van der Waals surface area contributed by atoms with Gasteiger partial charge in [-0.3, -0.25) is 10.2 Å². The zero-order chi connectivity index (χ0) is 13.7. The Morgan fingerprint density at radius 1 is 1.21 bits per heavy atom. The number of benzene rings is 1. The van der Waals surface area contributed by atoms with Crippen molar-refractivity contribution in [3.05, 3.63) is 34.9 Å². The maximum Gasteiger partial charge on any atom is 0.234 e. The van der Waals surface area contributed by atoms with E-state index < -0.39 is 0 Å². The summed E-state index contributed by atoms with van der Waals surface area (Å²) in [6.07, 6.45) is 7.54. The first kappa shape index (κ1) is 14.1. The Morgan fingerprint density at radius 2 is 2.00 bits per heavy atom. The number of hydrazine groups is 1. The van der Waals surface area contributed by atoms with Crippen molar-refractivity contribution >= 4 is 5.91 Å². The van der Waals surface area contributed by atoms with Crippen LogP contribution in [0.1, 0.15) is 42.4 Å². The third-order valence-electron chi connectivity index (χ3n) is 3.63. The second-order valence-electron chi connectivity index (χ2n) is 5.59. The van der Waals surface area contributed by atoms with Crippen LogP contribution in [0.15, 0.2) is 18.2 Å². The number of fused-ring (bicyclic) bond motifs is 1. The van der Waals surface area contributed by atoms with Crippen LogP contribution >= 0.6 is 0 Å². The smallest absolute Gasteiger partial charge is 0.234 e. The minimum absolute atomic E-state index is 0.110. The van der Waals surface area contributed by atoms with Crippen LogP contribution in [-0.4, -0.2) is 25.0 Å². The highest BCUT2D eigenvalue weighted by molar-refractivity contribution is 5.75.